The molecule has 0 unspecified atom stereocenters. The van der Waals surface area contributed by atoms with Crippen LogP contribution in [0.15, 0.2) is 23.4 Å². The van der Waals surface area contributed by atoms with Gasteiger partial charge in [0.05, 0.1) is 12.1 Å². The number of nitrogens with two attached hydrogens (primary N) is 1. The monoisotopic (exact) mass is 253 g/mol. The number of carbonyl (C=O) groups excluding carboxylic acids is 1. The van der Waals surface area contributed by atoms with E-state index in [4.69, 9.17) is 16.0 Å². The summed E-state index contributed by atoms with van der Waals surface area (Å²) in [5, 5.41) is 30.0. The van der Waals surface area contributed by atoms with E-state index in [1.165, 1.54) is 17.0 Å². The number of oxime groups is 1. The number of phenols is 2. The zero-order chi connectivity index (χ0) is 13.7. The van der Waals surface area contributed by atoms with Crippen molar-refractivity contribution < 1.29 is 20.2 Å². The molecule has 7 nitrogen and oxygen atoms in total. The molecule has 98 valence electrons. The SMILES string of the molecule is CCN(C/C(N)=N/O)C(=O)c1ccc(O)cc1O. The number of amidine groups is 1. The number of hydrogen-bond acceptors (Lipinski definition) is 5. The van der Waals surface area contributed by atoms with Crippen LogP contribution < -0.4 is 5.73 Å². The molecule has 1 aromatic carbocycles. The lowest BCUT2D eigenvalue weighted by Gasteiger charge is -2.20. The number of nitrogens with zero attached hydrogens (tertiary/aromatic N) is 2. The first-order valence-corrected chi connectivity index (χ1v) is 5.27. The summed E-state index contributed by atoms with van der Waals surface area (Å²) in [6.45, 7) is 2.00. The van der Waals surface area contributed by atoms with E-state index in [-0.39, 0.29) is 29.4 Å². The summed E-state index contributed by atoms with van der Waals surface area (Å²) in [5.41, 5.74) is 5.37. The van der Waals surface area contributed by atoms with Crippen LogP contribution in [0.4, 0.5) is 0 Å². The molecular weight excluding hydrogens is 238 g/mol. The minimum atomic E-state index is -0.471. The van der Waals surface area contributed by atoms with Crippen molar-refractivity contribution in [3.05, 3.63) is 23.8 Å². The molecule has 0 radical (unpaired) electrons. The summed E-state index contributed by atoms with van der Waals surface area (Å²) in [7, 11) is 0. The third-order valence-corrected chi connectivity index (χ3v) is 2.36. The molecule has 1 amide bonds. The molecule has 0 aliphatic heterocycles. The molecule has 0 aliphatic carbocycles. The largest absolute Gasteiger partial charge is 0.508 e. The lowest BCUT2D eigenvalue weighted by molar-refractivity contribution is 0.0783. The van der Waals surface area contributed by atoms with Gasteiger partial charge in [0.1, 0.15) is 11.5 Å². The van der Waals surface area contributed by atoms with Gasteiger partial charge >= 0.3 is 0 Å². The minimum Gasteiger partial charge on any atom is -0.508 e. The first-order valence-electron chi connectivity index (χ1n) is 5.27. The molecule has 0 spiro atoms. The van der Waals surface area contributed by atoms with Gasteiger partial charge in [0.15, 0.2) is 5.84 Å². The number of hydrogen-bond donors (Lipinski definition) is 4. The third-order valence-electron chi connectivity index (χ3n) is 2.36. The molecule has 0 aromatic heterocycles. The van der Waals surface area contributed by atoms with E-state index in [9.17, 15) is 9.90 Å². The Morgan fingerprint density at radius 3 is 2.61 bits per heavy atom. The van der Waals surface area contributed by atoms with E-state index >= 15 is 0 Å². The second-order valence-corrected chi connectivity index (χ2v) is 3.61. The Morgan fingerprint density at radius 1 is 1.44 bits per heavy atom. The van der Waals surface area contributed by atoms with Crippen LogP contribution >= 0.6 is 0 Å². The first kappa shape index (κ1) is 13.6. The van der Waals surface area contributed by atoms with Crippen LogP contribution in [0.5, 0.6) is 11.5 Å². The molecule has 0 heterocycles. The highest BCUT2D eigenvalue weighted by atomic mass is 16.4. The zero-order valence-electron chi connectivity index (χ0n) is 9.87. The quantitative estimate of drug-likeness (QED) is 0.266. The Labute approximate surface area is 104 Å². The highest BCUT2D eigenvalue weighted by molar-refractivity contribution is 5.99. The molecule has 0 saturated heterocycles. The van der Waals surface area contributed by atoms with Gasteiger partial charge in [0, 0.05) is 12.6 Å². The summed E-state index contributed by atoms with van der Waals surface area (Å²) in [5.74, 6) is -1.04. The Balaban J connectivity index is 2.96. The standard InChI is InChI=1S/C11H15N3O4/c1-2-14(6-10(12)13-18)11(17)8-4-3-7(15)5-9(8)16/h3-5,15-16,18H,2,6H2,1H3,(H2,12,13). The van der Waals surface area contributed by atoms with E-state index < -0.39 is 5.91 Å². The third kappa shape index (κ3) is 3.03. The molecule has 0 atom stereocenters. The normalized spacial score (nSPS) is 11.3. The van der Waals surface area contributed by atoms with Crippen LogP contribution in [-0.2, 0) is 0 Å². The van der Waals surface area contributed by atoms with Crippen LogP contribution in [0.25, 0.3) is 0 Å². The predicted octanol–water partition coefficient (Wildman–Crippen LogP) is 0.306. The van der Waals surface area contributed by atoms with Gasteiger partial charge in [-0.2, -0.15) is 0 Å². The molecule has 18 heavy (non-hydrogen) atoms. The van der Waals surface area contributed by atoms with Crippen LogP contribution in [0.1, 0.15) is 17.3 Å². The maximum Gasteiger partial charge on any atom is 0.258 e. The highest BCUT2D eigenvalue weighted by Gasteiger charge is 2.18. The summed E-state index contributed by atoms with van der Waals surface area (Å²) in [6, 6.07) is 3.68. The van der Waals surface area contributed by atoms with E-state index in [0.717, 1.165) is 6.07 Å². The van der Waals surface area contributed by atoms with Gasteiger partial charge in [-0.3, -0.25) is 4.79 Å². The number of carbonyl (C=O) groups is 1. The van der Waals surface area contributed by atoms with Crippen molar-refractivity contribution in [2.24, 2.45) is 10.9 Å². The fourth-order valence-corrected chi connectivity index (χ4v) is 1.43. The van der Waals surface area contributed by atoms with E-state index in [2.05, 4.69) is 5.16 Å². The molecule has 0 bridgehead atoms. The van der Waals surface area contributed by atoms with Crippen LogP contribution in [0.3, 0.4) is 0 Å². The first-order chi connectivity index (χ1) is 8.49. The van der Waals surface area contributed by atoms with Crippen molar-refractivity contribution >= 4 is 11.7 Å². The van der Waals surface area contributed by atoms with E-state index in [0.29, 0.717) is 6.54 Å². The van der Waals surface area contributed by atoms with Crippen molar-refractivity contribution in [3.63, 3.8) is 0 Å². The number of amides is 1. The van der Waals surface area contributed by atoms with Gasteiger partial charge in [-0.15, -0.1) is 0 Å². The molecule has 7 heteroatoms. The van der Waals surface area contributed by atoms with Crippen molar-refractivity contribution in [2.45, 2.75) is 6.92 Å². The second-order valence-electron chi connectivity index (χ2n) is 3.61. The van der Waals surface area contributed by atoms with Gasteiger partial charge in [0.2, 0.25) is 0 Å². The molecular formula is C11H15N3O4. The average Bonchev–Trinajstić information content (AvgIpc) is 2.34. The summed E-state index contributed by atoms with van der Waals surface area (Å²) < 4.78 is 0. The Bertz CT molecular complexity index is 473. The van der Waals surface area contributed by atoms with Gasteiger partial charge < -0.3 is 26.1 Å². The molecule has 0 aliphatic rings. The highest BCUT2D eigenvalue weighted by Crippen LogP contribution is 2.23. The molecule has 1 aromatic rings. The van der Waals surface area contributed by atoms with Gasteiger partial charge in [-0.05, 0) is 19.1 Å². The van der Waals surface area contributed by atoms with Crippen LogP contribution in [0.2, 0.25) is 0 Å². The molecule has 0 fully saturated rings. The fourth-order valence-electron chi connectivity index (χ4n) is 1.43. The smallest absolute Gasteiger partial charge is 0.258 e. The van der Waals surface area contributed by atoms with Gasteiger partial charge in [0.25, 0.3) is 5.91 Å². The Kier molecular flexibility index (Phi) is 4.36. The maximum atomic E-state index is 12.1. The summed E-state index contributed by atoms with van der Waals surface area (Å²) in [6.07, 6.45) is 0. The molecule has 1 rings (SSSR count). The van der Waals surface area contributed by atoms with Crippen LogP contribution in [-0.4, -0.2) is 45.2 Å². The predicted molar refractivity (Wildman–Crippen MR) is 64.8 cm³/mol. The minimum absolute atomic E-state index is 0.0420. The van der Waals surface area contributed by atoms with Crippen LogP contribution in [0, 0.1) is 0 Å². The van der Waals surface area contributed by atoms with E-state index in [1.54, 1.807) is 6.92 Å². The fraction of sp³-hybridized carbons (Fsp3) is 0.273. The lowest BCUT2D eigenvalue weighted by atomic mass is 10.1. The zero-order valence-corrected chi connectivity index (χ0v) is 9.87. The second kappa shape index (κ2) is 5.76. The van der Waals surface area contributed by atoms with Crippen molar-refractivity contribution in [3.8, 4) is 11.5 Å². The summed E-state index contributed by atoms with van der Waals surface area (Å²) in [4.78, 5) is 13.3. The number of benzene rings is 1. The number of rotatable bonds is 4. The van der Waals surface area contributed by atoms with Crippen molar-refractivity contribution in [1.82, 2.24) is 4.90 Å². The Hall–Kier alpha value is -2.44. The van der Waals surface area contributed by atoms with Crippen molar-refractivity contribution in [1.29, 1.82) is 0 Å². The number of likely N-dealkylation sites (N-methyl/N-ethyl adjacent to an activating group) is 1. The average molecular weight is 253 g/mol. The van der Waals surface area contributed by atoms with Gasteiger partial charge in [-0.25, -0.2) is 0 Å². The summed E-state index contributed by atoms with van der Waals surface area (Å²) >= 11 is 0. The molecule has 5 N–H and O–H groups in total. The Morgan fingerprint density at radius 2 is 2.11 bits per heavy atom. The van der Waals surface area contributed by atoms with Gasteiger partial charge in [-0.1, -0.05) is 5.16 Å². The topological polar surface area (TPSA) is 119 Å². The lowest BCUT2D eigenvalue weighted by Crippen LogP contribution is -2.38. The maximum absolute atomic E-state index is 12.1. The number of aromatic hydroxyl groups is 2. The molecule has 0 saturated carbocycles. The van der Waals surface area contributed by atoms with Crippen molar-refractivity contribution in [2.75, 3.05) is 13.1 Å². The van der Waals surface area contributed by atoms with E-state index in [1.807, 2.05) is 0 Å². The number of phenolic OH excluding ortho intramolecular Hbond substituents is 2.